The van der Waals surface area contributed by atoms with Crippen LogP contribution in [0.15, 0.2) is 41.3 Å². The van der Waals surface area contributed by atoms with Gasteiger partial charge in [0.1, 0.15) is 5.75 Å². The number of carbonyl (C=O) groups is 1. The Morgan fingerprint density at radius 1 is 1.13 bits per heavy atom. The van der Waals surface area contributed by atoms with Gasteiger partial charge >= 0.3 is 0 Å². The predicted octanol–water partition coefficient (Wildman–Crippen LogP) is 3.21. The van der Waals surface area contributed by atoms with Gasteiger partial charge in [0, 0.05) is 18.7 Å². The Bertz CT molecular complexity index is 1050. The first-order valence-corrected chi connectivity index (χ1v) is 11.9. The number of nitrogens with zero attached hydrogens (tertiary/aromatic N) is 1. The van der Waals surface area contributed by atoms with E-state index >= 15 is 0 Å². The molecule has 0 unspecified atom stereocenters. The minimum absolute atomic E-state index is 0.162. The maximum Gasteiger partial charge on any atom is 0.251 e. The summed E-state index contributed by atoms with van der Waals surface area (Å²) < 4.78 is 38.2. The van der Waals surface area contributed by atoms with Crippen LogP contribution in [-0.2, 0) is 14.8 Å². The molecule has 8 heteroatoms. The normalized spacial score (nSPS) is 16.0. The van der Waals surface area contributed by atoms with Crippen LogP contribution in [0.25, 0.3) is 0 Å². The lowest BCUT2D eigenvalue weighted by atomic mass is 10.0. The molecule has 168 valence electrons. The van der Waals surface area contributed by atoms with Crippen molar-refractivity contribution in [1.29, 1.82) is 0 Å². The van der Waals surface area contributed by atoms with Crippen molar-refractivity contribution in [2.45, 2.75) is 38.1 Å². The summed E-state index contributed by atoms with van der Waals surface area (Å²) in [4.78, 5) is 13.2. The first-order chi connectivity index (χ1) is 14.8. The number of sulfonamides is 1. The van der Waals surface area contributed by atoms with E-state index < -0.39 is 10.0 Å². The van der Waals surface area contributed by atoms with Crippen molar-refractivity contribution in [2.24, 2.45) is 0 Å². The second kappa shape index (κ2) is 9.80. The molecule has 7 nitrogen and oxygen atoms in total. The monoisotopic (exact) mass is 446 g/mol. The van der Waals surface area contributed by atoms with E-state index in [9.17, 15) is 13.2 Å². The van der Waals surface area contributed by atoms with E-state index in [1.807, 2.05) is 32.0 Å². The average Bonchev–Trinajstić information content (AvgIpc) is 2.78. The summed E-state index contributed by atoms with van der Waals surface area (Å²) in [7, 11) is -2.06. The zero-order chi connectivity index (χ0) is 22.6. The highest BCUT2D eigenvalue weighted by Crippen LogP contribution is 2.26. The standard InChI is InChI=1S/C23H30N2O5S/c1-5-20(18-8-9-21(29-4)17(3)14-18)24-23(26)19-7-6-16(2)22(15-19)31(27,28)25-10-12-30-13-11-25/h6-9,14-15,20H,5,10-13H2,1-4H3,(H,24,26)/t20-/m0/s1. The van der Waals surface area contributed by atoms with Crippen molar-refractivity contribution in [2.75, 3.05) is 33.4 Å². The van der Waals surface area contributed by atoms with Gasteiger partial charge in [0.05, 0.1) is 31.3 Å². The Balaban J connectivity index is 1.84. The molecule has 1 saturated heterocycles. The lowest BCUT2D eigenvalue weighted by Gasteiger charge is -2.27. The molecule has 31 heavy (non-hydrogen) atoms. The maximum absolute atomic E-state index is 13.1. The van der Waals surface area contributed by atoms with Crippen LogP contribution in [0.4, 0.5) is 0 Å². The smallest absolute Gasteiger partial charge is 0.251 e. The summed E-state index contributed by atoms with van der Waals surface area (Å²) in [6.45, 7) is 7.06. The number of methoxy groups -OCH3 is 1. The number of rotatable bonds is 7. The Morgan fingerprint density at radius 2 is 1.84 bits per heavy atom. The zero-order valence-corrected chi connectivity index (χ0v) is 19.3. The van der Waals surface area contributed by atoms with Gasteiger partial charge in [0.2, 0.25) is 10.0 Å². The van der Waals surface area contributed by atoms with Crippen molar-refractivity contribution in [3.63, 3.8) is 0 Å². The second-order valence-corrected chi connectivity index (χ2v) is 9.57. The van der Waals surface area contributed by atoms with Gasteiger partial charge < -0.3 is 14.8 Å². The molecule has 2 aromatic carbocycles. The first kappa shape index (κ1) is 23.2. The molecule has 1 fully saturated rings. The van der Waals surface area contributed by atoms with Crippen LogP contribution < -0.4 is 10.1 Å². The number of amides is 1. The van der Waals surface area contributed by atoms with Crippen LogP contribution in [0.3, 0.4) is 0 Å². The number of aryl methyl sites for hydroxylation is 2. The fourth-order valence-electron chi connectivity index (χ4n) is 3.73. The van der Waals surface area contributed by atoms with Crippen LogP contribution in [-0.4, -0.2) is 52.0 Å². The average molecular weight is 447 g/mol. The summed E-state index contributed by atoms with van der Waals surface area (Å²) >= 11 is 0. The highest BCUT2D eigenvalue weighted by atomic mass is 32.2. The predicted molar refractivity (Wildman–Crippen MR) is 119 cm³/mol. The molecule has 2 aromatic rings. The molecule has 1 aliphatic heterocycles. The van der Waals surface area contributed by atoms with Crippen LogP contribution >= 0.6 is 0 Å². The molecule has 1 N–H and O–H groups in total. The molecule has 0 spiro atoms. The topological polar surface area (TPSA) is 84.9 Å². The molecule has 1 atom stereocenters. The van der Waals surface area contributed by atoms with Gasteiger partial charge in [0.25, 0.3) is 5.91 Å². The van der Waals surface area contributed by atoms with Crippen LogP contribution in [0.5, 0.6) is 5.75 Å². The molecule has 0 aliphatic carbocycles. The number of ether oxygens (including phenoxy) is 2. The Hall–Kier alpha value is -2.42. The van der Waals surface area contributed by atoms with E-state index in [4.69, 9.17) is 9.47 Å². The fourth-order valence-corrected chi connectivity index (χ4v) is 5.39. The van der Waals surface area contributed by atoms with E-state index in [1.165, 1.54) is 10.4 Å². The van der Waals surface area contributed by atoms with Gasteiger partial charge in [-0.15, -0.1) is 0 Å². The lowest BCUT2D eigenvalue weighted by molar-refractivity contribution is 0.0730. The molecule has 0 bridgehead atoms. The van der Waals surface area contributed by atoms with E-state index in [0.717, 1.165) is 16.9 Å². The minimum atomic E-state index is -3.69. The number of morpholine rings is 1. The molecule has 0 aromatic heterocycles. The van der Waals surface area contributed by atoms with Crippen LogP contribution in [0.1, 0.15) is 46.4 Å². The third-order valence-electron chi connectivity index (χ3n) is 5.57. The molecule has 1 amide bonds. The molecule has 0 radical (unpaired) electrons. The molecule has 1 aliphatic rings. The van der Waals surface area contributed by atoms with Gasteiger partial charge in [-0.05, 0) is 55.2 Å². The van der Waals surface area contributed by atoms with Crippen LogP contribution in [0.2, 0.25) is 0 Å². The van der Waals surface area contributed by atoms with Gasteiger partial charge in [-0.1, -0.05) is 25.1 Å². The highest BCUT2D eigenvalue weighted by molar-refractivity contribution is 7.89. The Morgan fingerprint density at radius 3 is 2.45 bits per heavy atom. The van der Waals surface area contributed by atoms with E-state index in [0.29, 0.717) is 43.9 Å². The number of nitrogens with one attached hydrogen (secondary N) is 1. The summed E-state index contributed by atoms with van der Waals surface area (Å²) in [6.07, 6.45) is 0.697. The summed E-state index contributed by atoms with van der Waals surface area (Å²) in [6, 6.07) is 10.4. The Kier molecular flexibility index (Phi) is 7.35. The van der Waals surface area contributed by atoms with E-state index in [1.54, 1.807) is 26.2 Å². The Labute approximate surface area is 184 Å². The quantitative estimate of drug-likeness (QED) is 0.706. The number of hydrogen-bond acceptors (Lipinski definition) is 5. The van der Waals surface area contributed by atoms with Gasteiger partial charge in [-0.2, -0.15) is 4.31 Å². The summed E-state index contributed by atoms with van der Waals surface area (Å²) in [5.41, 5.74) is 2.89. The third kappa shape index (κ3) is 5.08. The molecule has 3 rings (SSSR count). The number of carbonyl (C=O) groups excluding carboxylic acids is 1. The third-order valence-corrected chi connectivity index (χ3v) is 7.61. The van der Waals surface area contributed by atoms with Crippen molar-refractivity contribution in [3.05, 3.63) is 58.7 Å². The SMILES string of the molecule is CC[C@H](NC(=O)c1ccc(C)c(S(=O)(=O)N2CCOCC2)c1)c1ccc(OC)c(C)c1. The van der Waals surface area contributed by atoms with Crippen molar-refractivity contribution >= 4 is 15.9 Å². The van der Waals surface area contributed by atoms with Crippen LogP contribution in [0, 0.1) is 13.8 Å². The van der Waals surface area contributed by atoms with E-state index in [-0.39, 0.29) is 16.8 Å². The maximum atomic E-state index is 13.1. The molecule has 0 saturated carbocycles. The first-order valence-electron chi connectivity index (χ1n) is 10.4. The number of benzene rings is 2. The molecular weight excluding hydrogens is 416 g/mol. The lowest BCUT2D eigenvalue weighted by Crippen LogP contribution is -2.41. The number of hydrogen-bond donors (Lipinski definition) is 1. The highest BCUT2D eigenvalue weighted by Gasteiger charge is 2.28. The van der Waals surface area contributed by atoms with Crippen molar-refractivity contribution in [3.8, 4) is 5.75 Å². The minimum Gasteiger partial charge on any atom is -0.496 e. The van der Waals surface area contributed by atoms with Gasteiger partial charge in [0.15, 0.2) is 0 Å². The van der Waals surface area contributed by atoms with Gasteiger partial charge in [-0.3, -0.25) is 4.79 Å². The second-order valence-electron chi connectivity index (χ2n) is 7.66. The van der Waals surface area contributed by atoms with E-state index in [2.05, 4.69) is 5.32 Å². The summed E-state index contributed by atoms with van der Waals surface area (Å²) in [5.74, 6) is 0.486. The van der Waals surface area contributed by atoms with Gasteiger partial charge in [-0.25, -0.2) is 8.42 Å². The fraction of sp³-hybridized carbons (Fsp3) is 0.435. The molecule has 1 heterocycles. The summed E-state index contributed by atoms with van der Waals surface area (Å²) in [5, 5.41) is 3.03. The van der Waals surface area contributed by atoms with Crippen molar-refractivity contribution in [1.82, 2.24) is 9.62 Å². The largest absolute Gasteiger partial charge is 0.496 e. The van der Waals surface area contributed by atoms with Crippen molar-refractivity contribution < 1.29 is 22.7 Å². The molecular formula is C23H30N2O5S. The zero-order valence-electron chi connectivity index (χ0n) is 18.5.